The van der Waals surface area contributed by atoms with Crippen molar-refractivity contribution in [3.63, 3.8) is 0 Å². The van der Waals surface area contributed by atoms with Crippen molar-refractivity contribution in [2.24, 2.45) is 11.8 Å². The molecule has 1 aliphatic rings. The lowest BCUT2D eigenvalue weighted by Crippen LogP contribution is -2.25. The maximum absolute atomic E-state index is 12.4. The number of benzene rings is 2. The number of nitrogens with one attached hydrogen (secondary N) is 3. The van der Waals surface area contributed by atoms with Gasteiger partial charge in [-0.1, -0.05) is 31.2 Å². The highest BCUT2D eigenvalue weighted by atomic mass is 16.2. The third-order valence-electron chi connectivity index (χ3n) is 5.19. The normalized spacial score (nSPS) is 18.3. The maximum Gasteiger partial charge on any atom is 0.251 e. The number of para-hydroxylation sites is 1. The summed E-state index contributed by atoms with van der Waals surface area (Å²) in [5.41, 5.74) is 3.51. The minimum atomic E-state index is -0.134. The third kappa shape index (κ3) is 3.87. The molecule has 1 saturated carbocycles. The summed E-state index contributed by atoms with van der Waals surface area (Å²) < 4.78 is 0. The number of anilines is 1. The first-order valence-corrected chi connectivity index (χ1v) is 9.36. The molecular weight excluding hydrogens is 338 g/mol. The molecule has 3 N–H and O–H groups in total. The fourth-order valence-corrected chi connectivity index (χ4v) is 3.41. The van der Waals surface area contributed by atoms with Crippen LogP contribution < -0.4 is 10.6 Å². The monoisotopic (exact) mass is 361 g/mol. The molecule has 138 valence electrons. The number of hydrogen-bond acceptors (Lipinski definition) is 2. The number of carbonyl (C=O) groups is 2. The van der Waals surface area contributed by atoms with E-state index in [2.05, 4.69) is 28.6 Å². The second-order valence-corrected chi connectivity index (χ2v) is 7.25. The standard InChI is InChI=1S/C22H23N3O2/c1-14-11-19(14)22(27)25-17-6-4-5-15(12-17)21(26)23-10-9-16-13-24-20-8-3-2-7-18(16)20/h2-8,12-14,19,24H,9-11H2,1H3,(H,23,26)(H,25,27). The molecule has 2 amide bonds. The van der Waals surface area contributed by atoms with Crippen molar-refractivity contribution in [3.05, 3.63) is 65.9 Å². The highest BCUT2D eigenvalue weighted by Crippen LogP contribution is 2.38. The summed E-state index contributed by atoms with van der Waals surface area (Å²) >= 11 is 0. The van der Waals surface area contributed by atoms with E-state index < -0.39 is 0 Å². The zero-order valence-corrected chi connectivity index (χ0v) is 15.3. The van der Waals surface area contributed by atoms with E-state index in [1.807, 2.05) is 30.5 Å². The molecule has 0 spiro atoms. The first-order chi connectivity index (χ1) is 13.1. The Balaban J connectivity index is 1.34. The fraction of sp³-hybridized carbons (Fsp3) is 0.273. The summed E-state index contributed by atoms with van der Waals surface area (Å²) in [7, 11) is 0. The Morgan fingerprint density at radius 2 is 1.96 bits per heavy atom. The summed E-state index contributed by atoms with van der Waals surface area (Å²) in [5.74, 6) is 0.477. The number of carbonyl (C=O) groups excluding carboxylic acids is 2. The Morgan fingerprint density at radius 3 is 2.78 bits per heavy atom. The first-order valence-electron chi connectivity index (χ1n) is 9.36. The topological polar surface area (TPSA) is 74.0 Å². The second kappa shape index (κ2) is 7.27. The van der Waals surface area contributed by atoms with Gasteiger partial charge in [-0.05, 0) is 48.6 Å². The van der Waals surface area contributed by atoms with Gasteiger partial charge in [0.2, 0.25) is 5.91 Å². The van der Waals surface area contributed by atoms with Crippen LogP contribution in [-0.2, 0) is 11.2 Å². The van der Waals surface area contributed by atoms with Gasteiger partial charge in [0.05, 0.1) is 0 Å². The number of aromatic amines is 1. The van der Waals surface area contributed by atoms with E-state index >= 15 is 0 Å². The lowest BCUT2D eigenvalue weighted by molar-refractivity contribution is -0.117. The molecule has 1 aromatic heterocycles. The molecule has 0 radical (unpaired) electrons. The summed E-state index contributed by atoms with van der Waals surface area (Å²) in [5, 5.41) is 7.05. The van der Waals surface area contributed by atoms with Crippen LogP contribution >= 0.6 is 0 Å². The van der Waals surface area contributed by atoms with Gasteiger partial charge in [-0.2, -0.15) is 0 Å². The number of amides is 2. The van der Waals surface area contributed by atoms with Crippen LogP contribution in [0.3, 0.4) is 0 Å². The molecule has 1 heterocycles. The number of rotatable bonds is 6. The predicted octanol–water partition coefficient (Wildman–Crippen LogP) is 3.73. The smallest absolute Gasteiger partial charge is 0.251 e. The molecule has 2 unspecified atom stereocenters. The number of aromatic nitrogens is 1. The van der Waals surface area contributed by atoms with E-state index in [4.69, 9.17) is 0 Å². The van der Waals surface area contributed by atoms with Crippen LogP contribution in [0, 0.1) is 11.8 Å². The first kappa shape index (κ1) is 17.3. The second-order valence-electron chi connectivity index (χ2n) is 7.25. The van der Waals surface area contributed by atoms with Crippen LogP contribution in [0.1, 0.15) is 29.3 Å². The van der Waals surface area contributed by atoms with Gasteiger partial charge >= 0.3 is 0 Å². The Labute approximate surface area is 158 Å². The Kier molecular flexibility index (Phi) is 4.67. The van der Waals surface area contributed by atoms with Crippen molar-refractivity contribution in [1.29, 1.82) is 0 Å². The van der Waals surface area contributed by atoms with Crippen LogP contribution in [0.15, 0.2) is 54.7 Å². The molecule has 0 bridgehead atoms. The average Bonchev–Trinajstić information content (AvgIpc) is 3.28. The lowest BCUT2D eigenvalue weighted by Gasteiger charge is -2.08. The van der Waals surface area contributed by atoms with Crippen molar-refractivity contribution in [2.45, 2.75) is 19.8 Å². The molecule has 0 aliphatic heterocycles. The Bertz CT molecular complexity index is 992. The summed E-state index contributed by atoms with van der Waals surface area (Å²) in [4.78, 5) is 27.8. The van der Waals surface area contributed by atoms with Crippen molar-refractivity contribution in [1.82, 2.24) is 10.3 Å². The van der Waals surface area contributed by atoms with Gasteiger partial charge in [-0.3, -0.25) is 9.59 Å². The van der Waals surface area contributed by atoms with Crippen LogP contribution in [-0.4, -0.2) is 23.3 Å². The highest BCUT2D eigenvalue weighted by molar-refractivity contribution is 5.98. The zero-order valence-electron chi connectivity index (χ0n) is 15.3. The minimum absolute atomic E-state index is 0.0411. The van der Waals surface area contributed by atoms with Gasteiger partial charge in [0.25, 0.3) is 5.91 Å². The molecule has 27 heavy (non-hydrogen) atoms. The van der Waals surface area contributed by atoms with Crippen molar-refractivity contribution in [2.75, 3.05) is 11.9 Å². The summed E-state index contributed by atoms with van der Waals surface area (Å²) in [6.07, 6.45) is 3.69. The van der Waals surface area contributed by atoms with Crippen molar-refractivity contribution in [3.8, 4) is 0 Å². The largest absolute Gasteiger partial charge is 0.361 e. The molecule has 2 aromatic carbocycles. The Morgan fingerprint density at radius 1 is 1.15 bits per heavy atom. The quantitative estimate of drug-likeness (QED) is 0.626. The predicted molar refractivity (Wildman–Crippen MR) is 107 cm³/mol. The molecule has 5 nitrogen and oxygen atoms in total. The van der Waals surface area contributed by atoms with E-state index in [1.165, 1.54) is 10.9 Å². The SMILES string of the molecule is CC1CC1C(=O)Nc1cccc(C(=O)NCCc2c[nH]c3ccccc23)c1. The third-order valence-corrected chi connectivity index (χ3v) is 5.19. The fourth-order valence-electron chi connectivity index (χ4n) is 3.41. The molecule has 0 saturated heterocycles. The molecule has 4 rings (SSSR count). The van der Waals surface area contributed by atoms with E-state index in [0.29, 0.717) is 23.7 Å². The highest BCUT2D eigenvalue weighted by Gasteiger charge is 2.39. The zero-order chi connectivity index (χ0) is 18.8. The maximum atomic E-state index is 12.4. The van der Waals surface area contributed by atoms with Gasteiger partial charge in [0.15, 0.2) is 0 Å². The molecule has 2 atom stereocenters. The van der Waals surface area contributed by atoms with E-state index in [1.54, 1.807) is 18.2 Å². The van der Waals surface area contributed by atoms with Gasteiger partial charge in [-0.15, -0.1) is 0 Å². The number of H-pyrrole nitrogens is 1. The molecular formula is C22H23N3O2. The van der Waals surface area contributed by atoms with Gasteiger partial charge in [0, 0.05) is 40.8 Å². The van der Waals surface area contributed by atoms with Crippen LogP contribution in [0.5, 0.6) is 0 Å². The molecule has 1 fully saturated rings. The average molecular weight is 361 g/mol. The van der Waals surface area contributed by atoms with E-state index in [9.17, 15) is 9.59 Å². The van der Waals surface area contributed by atoms with Crippen molar-refractivity contribution < 1.29 is 9.59 Å². The van der Waals surface area contributed by atoms with Gasteiger partial charge in [-0.25, -0.2) is 0 Å². The Hall–Kier alpha value is -3.08. The summed E-state index contributed by atoms with van der Waals surface area (Å²) in [6.45, 7) is 2.62. The molecule has 5 heteroatoms. The van der Waals surface area contributed by atoms with Crippen molar-refractivity contribution >= 4 is 28.4 Å². The lowest BCUT2D eigenvalue weighted by atomic mass is 10.1. The van der Waals surface area contributed by atoms with Gasteiger partial charge < -0.3 is 15.6 Å². The van der Waals surface area contributed by atoms with Crippen LogP contribution in [0.2, 0.25) is 0 Å². The molecule has 3 aromatic rings. The van der Waals surface area contributed by atoms with E-state index in [0.717, 1.165) is 18.4 Å². The van der Waals surface area contributed by atoms with Gasteiger partial charge in [0.1, 0.15) is 0 Å². The minimum Gasteiger partial charge on any atom is -0.361 e. The van der Waals surface area contributed by atoms with Crippen LogP contribution in [0.25, 0.3) is 10.9 Å². The number of fused-ring (bicyclic) bond motifs is 1. The number of hydrogen-bond donors (Lipinski definition) is 3. The van der Waals surface area contributed by atoms with E-state index in [-0.39, 0.29) is 17.7 Å². The van der Waals surface area contributed by atoms with Crippen LogP contribution in [0.4, 0.5) is 5.69 Å². The summed E-state index contributed by atoms with van der Waals surface area (Å²) in [6, 6.07) is 15.2. The molecule has 1 aliphatic carbocycles.